The van der Waals surface area contributed by atoms with Crippen molar-refractivity contribution in [2.45, 2.75) is 26.3 Å². The van der Waals surface area contributed by atoms with Crippen molar-refractivity contribution in [1.29, 1.82) is 0 Å². The van der Waals surface area contributed by atoms with Crippen LogP contribution in [0.5, 0.6) is 0 Å². The fraction of sp³-hybridized carbons (Fsp3) is 0.556. The molecule has 0 aromatic heterocycles. The van der Waals surface area contributed by atoms with Gasteiger partial charge in [-0.15, -0.1) is 0 Å². The maximum Gasteiger partial charge on any atom is 0.242 e. The second-order valence-electron chi connectivity index (χ2n) is 6.75. The van der Waals surface area contributed by atoms with Gasteiger partial charge in [-0.3, -0.25) is 9.59 Å². The summed E-state index contributed by atoms with van der Waals surface area (Å²) in [4.78, 5) is 29.8. The quantitative estimate of drug-likeness (QED) is 0.738. The highest BCUT2D eigenvalue weighted by atomic mass is 32.2. The number of hydrogen-bond acceptors (Lipinski definition) is 5. The van der Waals surface area contributed by atoms with Gasteiger partial charge in [0.1, 0.15) is 6.54 Å². The molecule has 7 nitrogen and oxygen atoms in total. The summed E-state index contributed by atoms with van der Waals surface area (Å²) in [6.07, 6.45) is 0.458. The number of nitrogens with zero attached hydrogens (tertiary/aromatic N) is 3. The zero-order valence-electron chi connectivity index (χ0n) is 15.8. The Hall–Kier alpha value is -2.09. The number of carbonyl (C=O) groups is 2. The maximum atomic E-state index is 12.8. The molecule has 26 heavy (non-hydrogen) atoms. The molecule has 2 amide bonds. The normalized spacial score (nSPS) is 18.4. The Morgan fingerprint density at radius 3 is 2.12 bits per heavy atom. The highest BCUT2D eigenvalue weighted by Gasteiger charge is 2.34. The van der Waals surface area contributed by atoms with Crippen LogP contribution in [0.25, 0.3) is 0 Å². The standard InChI is InChI=1S/C18H27N3O4S/c1-5-20(17-10-11-26(24,25)13-17)18(23)12-21(14(2)22)16-8-6-15(7-9-16)19(3)4/h6-9,17H,5,10-13H2,1-4H3. The predicted molar refractivity (Wildman–Crippen MR) is 103 cm³/mol. The van der Waals surface area contributed by atoms with E-state index < -0.39 is 9.84 Å². The molecule has 1 fully saturated rings. The molecular formula is C18H27N3O4S. The topological polar surface area (TPSA) is 78.0 Å². The third-order valence-corrected chi connectivity index (χ3v) is 6.41. The summed E-state index contributed by atoms with van der Waals surface area (Å²) in [5, 5.41) is 0. The molecule has 0 aliphatic carbocycles. The summed E-state index contributed by atoms with van der Waals surface area (Å²) in [6, 6.07) is 7.08. The van der Waals surface area contributed by atoms with E-state index in [2.05, 4.69) is 0 Å². The van der Waals surface area contributed by atoms with Gasteiger partial charge in [-0.25, -0.2) is 8.42 Å². The lowest BCUT2D eigenvalue weighted by molar-refractivity contribution is -0.132. The first-order valence-electron chi connectivity index (χ1n) is 8.70. The van der Waals surface area contributed by atoms with Gasteiger partial charge in [-0.1, -0.05) is 0 Å². The van der Waals surface area contributed by atoms with E-state index in [0.29, 0.717) is 18.7 Å². The van der Waals surface area contributed by atoms with Gasteiger partial charge in [0.05, 0.1) is 11.5 Å². The number of carbonyl (C=O) groups excluding carboxylic acids is 2. The van der Waals surface area contributed by atoms with Gasteiger partial charge >= 0.3 is 0 Å². The van der Waals surface area contributed by atoms with Crippen LogP contribution in [0.2, 0.25) is 0 Å². The van der Waals surface area contributed by atoms with Gasteiger partial charge in [0.15, 0.2) is 9.84 Å². The van der Waals surface area contributed by atoms with E-state index in [9.17, 15) is 18.0 Å². The maximum absolute atomic E-state index is 12.8. The van der Waals surface area contributed by atoms with Crippen LogP contribution in [0, 0.1) is 0 Å². The largest absolute Gasteiger partial charge is 0.378 e. The summed E-state index contributed by atoms with van der Waals surface area (Å²) in [5.41, 5.74) is 1.64. The summed E-state index contributed by atoms with van der Waals surface area (Å²) in [7, 11) is 0.780. The molecule has 1 unspecified atom stereocenters. The summed E-state index contributed by atoms with van der Waals surface area (Å²) < 4.78 is 23.4. The molecule has 1 aromatic carbocycles. The molecule has 1 aliphatic heterocycles. The lowest BCUT2D eigenvalue weighted by Crippen LogP contribution is -2.47. The highest BCUT2D eigenvalue weighted by molar-refractivity contribution is 7.91. The Kier molecular flexibility index (Phi) is 6.28. The molecule has 0 saturated carbocycles. The first kappa shape index (κ1) is 20.2. The predicted octanol–water partition coefficient (Wildman–Crippen LogP) is 1.14. The summed E-state index contributed by atoms with van der Waals surface area (Å²) in [5.74, 6) is -0.346. The van der Waals surface area contributed by atoms with Crippen molar-refractivity contribution in [2.24, 2.45) is 0 Å². The van der Waals surface area contributed by atoms with E-state index >= 15 is 0 Å². The third kappa shape index (κ3) is 4.75. The van der Waals surface area contributed by atoms with Gasteiger partial charge in [0, 0.05) is 45.0 Å². The SMILES string of the molecule is CCN(C(=O)CN(C(C)=O)c1ccc(N(C)C)cc1)C1CCS(=O)(=O)C1. The van der Waals surface area contributed by atoms with Gasteiger partial charge < -0.3 is 14.7 Å². The Labute approximate surface area is 155 Å². The molecule has 8 heteroatoms. The fourth-order valence-corrected chi connectivity index (χ4v) is 4.93. The molecule has 0 N–H and O–H groups in total. The minimum atomic E-state index is -3.07. The smallest absolute Gasteiger partial charge is 0.242 e. The van der Waals surface area contributed by atoms with Crippen LogP contribution in [0.3, 0.4) is 0 Å². The van der Waals surface area contributed by atoms with Crippen LogP contribution >= 0.6 is 0 Å². The second kappa shape index (κ2) is 8.07. The molecule has 144 valence electrons. The Balaban J connectivity index is 2.15. The molecule has 1 aromatic rings. The van der Waals surface area contributed by atoms with Crippen molar-refractivity contribution in [1.82, 2.24) is 4.90 Å². The first-order valence-corrected chi connectivity index (χ1v) is 10.5. The Morgan fingerprint density at radius 1 is 1.12 bits per heavy atom. The van der Waals surface area contributed by atoms with Crippen molar-refractivity contribution in [3.8, 4) is 0 Å². The monoisotopic (exact) mass is 381 g/mol. The van der Waals surface area contributed by atoms with Gasteiger partial charge in [-0.2, -0.15) is 0 Å². The Morgan fingerprint density at radius 2 is 1.69 bits per heavy atom. The number of hydrogen-bond donors (Lipinski definition) is 0. The van der Waals surface area contributed by atoms with Gasteiger partial charge in [0.2, 0.25) is 11.8 Å². The van der Waals surface area contributed by atoms with Gasteiger partial charge in [0.25, 0.3) is 0 Å². The first-order chi connectivity index (χ1) is 12.1. The molecular weight excluding hydrogens is 354 g/mol. The number of amides is 2. The van der Waals surface area contributed by atoms with E-state index in [1.54, 1.807) is 17.0 Å². The molecule has 1 aliphatic rings. The van der Waals surface area contributed by atoms with Crippen LogP contribution < -0.4 is 9.80 Å². The van der Waals surface area contributed by atoms with Crippen LogP contribution in [0.1, 0.15) is 20.3 Å². The van der Waals surface area contributed by atoms with Crippen LogP contribution in [0.4, 0.5) is 11.4 Å². The Bertz CT molecular complexity index is 759. The van der Waals surface area contributed by atoms with Crippen molar-refractivity contribution in [2.75, 3.05) is 48.5 Å². The van der Waals surface area contributed by atoms with Crippen LogP contribution in [-0.4, -0.2) is 69.9 Å². The van der Waals surface area contributed by atoms with E-state index in [-0.39, 0.29) is 35.9 Å². The number of likely N-dealkylation sites (N-methyl/N-ethyl adjacent to an activating group) is 1. The van der Waals surface area contributed by atoms with E-state index in [4.69, 9.17) is 0 Å². The number of rotatable bonds is 6. The summed E-state index contributed by atoms with van der Waals surface area (Å²) in [6.45, 7) is 3.57. The molecule has 1 heterocycles. The van der Waals surface area contributed by atoms with E-state index in [0.717, 1.165) is 5.69 Å². The molecule has 0 spiro atoms. The lowest BCUT2D eigenvalue weighted by Gasteiger charge is -2.30. The minimum Gasteiger partial charge on any atom is -0.378 e. The highest BCUT2D eigenvalue weighted by Crippen LogP contribution is 2.22. The molecule has 1 atom stereocenters. The number of sulfone groups is 1. The second-order valence-corrected chi connectivity index (χ2v) is 8.98. The zero-order valence-corrected chi connectivity index (χ0v) is 16.6. The number of anilines is 2. The van der Waals surface area contributed by atoms with Gasteiger partial charge in [-0.05, 0) is 37.6 Å². The van der Waals surface area contributed by atoms with Crippen molar-refractivity contribution in [3.63, 3.8) is 0 Å². The van der Waals surface area contributed by atoms with E-state index in [1.165, 1.54) is 11.8 Å². The average Bonchev–Trinajstić information content (AvgIpc) is 2.92. The molecule has 0 radical (unpaired) electrons. The van der Waals surface area contributed by atoms with Crippen molar-refractivity contribution >= 4 is 33.0 Å². The minimum absolute atomic E-state index is 0.00415. The average molecular weight is 381 g/mol. The van der Waals surface area contributed by atoms with Crippen LogP contribution in [0.15, 0.2) is 24.3 Å². The molecule has 2 rings (SSSR count). The number of benzene rings is 1. The summed E-state index contributed by atoms with van der Waals surface area (Å²) >= 11 is 0. The molecule has 0 bridgehead atoms. The zero-order chi connectivity index (χ0) is 19.5. The fourth-order valence-electron chi connectivity index (χ4n) is 3.20. The van der Waals surface area contributed by atoms with E-state index in [1.807, 2.05) is 38.1 Å². The molecule has 1 saturated heterocycles. The van der Waals surface area contributed by atoms with Crippen molar-refractivity contribution in [3.05, 3.63) is 24.3 Å². The van der Waals surface area contributed by atoms with Crippen LogP contribution in [-0.2, 0) is 19.4 Å². The third-order valence-electron chi connectivity index (χ3n) is 4.66. The van der Waals surface area contributed by atoms with Crippen molar-refractivity contribution < 1.29 is 18.0 Å². The lowest BCUT2D eigenvalue weighted by atomic mass is 10.2.